The van der Waals surface area contributed by atoms with Crippen LogP contribution in [-0.4, -0.2) is 48.5 Å². The Hall–Kier alpha value is -2.85. The lowest BCUT2D eigenvalue weighted by atomic mass is 10.1. The molecule has 0 radical (unpaired) electrons. The van der Waals surface area contributed by atoms with Gasteiger partial charge in [0.25, 0.3) is 0 Å². The fourth-order valence-electron chi connectivity index (χ4n) is 4.13. The van der Waals surface area contributed by atoms with Crippen molar-refractivity contribution in [1.29, 1.82) is 0 Å². The molecule has 1 fully saturated rings. The molecule has 0 unspecified atom stereocenters. The van der Waals surface area contributed by atoms with Crippen molar-refractivity contribution >= 4 is 22.9 Å². The van der Waals surface area contributed by atoms with Gasteiger partial charge >= 0.3 is 0 Å². The quantitative estimate of drug-likeness (QED) is 0.642. The van der Waals surface area contributed by atoms with Gasteiger partial charge in [-0.3, -0.25) is 4.79 Å². The fourth-order valence-corrected chi connectivity index (χ4v) is 4.13. The maximum atomic E-state index is 12.6. The maximum absolute atomic E-state index is 12.6. The van der Waals surface area contributed by atoms with E-state index in [1.54, 1.807) is 4.90 Å². The van der Waals surface area contributed by atoms with Crippen LogP contribution in [0.15, 0.2) is 66.9 Å². The number of aryl methyl sites for hydroxylation is 1. The number of H-pyrrole nitrogens is 1. The third-order valence-corrected chi connectivity index (χ3v) is 5.85. The molecule has 150 valence electrons. The third kappa shape index (κ3) is 5.15. The van der Waals surface area contributed by atoms with E-state index in [0.29, 0.717) is 12.3 Å². The number of hydrogen-bond acceptors (Lipinski definition) is 1. The van der Waals surface area contributed by atoms with E-state index in [1.165, 1.54) is 22.0 Å². The summed E-state index contributed by atoms with van der Waals surface area (Å²) in [7, 11) is 0. The molecule has 29 heavy (non-hydrogen) atoms. The molecule has 0 aliphatic carbocycles. The molecule has 3 aromatic rings. The number of aromatic amines is 1. The highest BCUT2D eigenvalue weighted by Crippen LogP contribution is 2.19. The van der Waals surface area contributed by atoms with Crippen LogP contribution in [0.4, 0.5) is 0 Å². The van der Waals surface area contributed by atoms with Crippen LogP contribution in [0.5, 0.6) is 0 Å². The second kappa shape index (κ2) is 9.57. The number of amides is 1. The minimum Gasteiger partial charge on any atom is -0.361 e. The van der Waals surface area contributed by atoms with Crippen LogP contribution in [0, 0.1) is 0 Å². The topological polar surface area (TPSA) is 40.5 Å². The summed E-state index contributed by atoms with van der Waals surface area (Å²) in [5.74, 6) is 0.309. The Morgan fingerprint density at radius 2 is 1.79 bits per heavy atom. The second-order valence-electron chi connectivity index (χ2n) is 7.86. The highest BCUT2D eigenvalue weighted by atomic mass is 16.2. The molecule has 0 atom stereocenters. The standard InChI is InChI=1S/C25H29N3O/c29-25(14-6-11-22-20-26-24-13-5-4-12-23(22)24)28-18-16-27(17-19-28)15-7-10-21-8-2-1-3-9-21/h1-5,7-10,12-13,20,26H,6,11,14-19H2/p+1/b10-7+. The van der Waals surface area contributed by atoms with Gasteiger partial charge in [-0.25, -0.2) is 0 Å². The zero-order chi connectivity index (χ0) is 19.9. The van der Waals surface area contributed by atoms with Gasteiger partial charge in [-0.1, -0.05) is 54.6 Å². The number of nitrogens with zero attached hydrogens (tertiary/aromatic N) is 1. The minimum atomic E-state index is 0.309. The van der Waals surface area contributed by atoms with Crippen LogP contribution in [0.1, 0.15) is 24.0 Å². The van der Waals surface area contributed by atoms with Crippen molar-refractivity contribution in [2.75, 3.05) is 32.7 Å². The van der Waals surface area contributed by atoms with Gasteiger partial charge in [0.1, 0.15) is 0 Å². The lowest BCUT2D eigenvalue weighted by Crippen LogP contribution is -3.14. The Labute approximate surface area is 172 Å². The van der Waals surface area contributed by atoms with Gasteiger partial charge < -0.3 is 14.8 Å². The Kier molecular flexibility index (Phi) is 6.42. The number of fused-ring (bicyclic) bond motifs is 1. The van der Waals surface area contributed by atoms with E-state index in [1.807, 2.05) is 12.1 Å². The molecule has 4 nitrogen and oxygen atoms in total. The first-order valence-corrected chi connectivity index (χ1v) is 10.7. The summed E-state index contributed by atoms with van der Waals surface area (Å²) in [6.45, 7) is 4.85. The number of para-hydroxylation sites is 1. The van der Waals surface area contributed by atoms with E-state index in [0.717, 1.165) is 45.6 Å². The highest BCUT2D eigenvalue weighted by molar-refractivity contribution is 5.83. The van der Waals surface area contributed by atoms with E-state index < -0.39 is 0 Å². The number of quaternary nitrogens is 1. The Balaban J connectivity index is 1.18. The van der Waals surface area contributed by atoms with Gasteiger partial charge in [-0.15, -0.1) is 0 Å². The average Bonchev–Trinajstić information content (AvgIpc) is 3.18. The Morgan fingerprint density at radius 3 is 2.62 bits per heavy atom. The highest BCUT2D eigenvalue weighted by Gasteiger charge is 2.22. The fraction of sp³-hybridized carbons (Fsp3) is 0.320. The summed E-state index contributed by atoms with van der Waals surface area (Å²) < 4.78 is 0. The van der Waals surface area contributed by atoms with Gasteiger partial charge in [0.15, 0.2) is 0 Å². The number of carbonyl (C=O) groups is 1. The van der Waals surface area contributed by atoms with Gasteiger partial charge in [0, 0.05) is 23.5 Å². The molecule has 2 aromatic carbocycles. The number of aromatic nitrogens is 1. The predicted octanol–water partition coefficient (Wildman–Crippen LogP) is 2.93. The lowest BCUT2D eigenvalue weighted by molar-refractivity contribution is -0.898. The minimum absolute atomic E-state index is 0.309. The third-order valence-electron chi connectivity index (χ3n) is 5.85. The summed E-state index contributed by atoms with van der Waals surface area (Å²) in [5, 5.41) is 1.28. The first-order chi connectivity index (χ1) is 14.3. The first kappa shape index (κ1) is 19.5. The molecular formula is C25H30N3O+. The molecule has 0 spiro atoms. The molecular weight excluding hydrogens is 358 g/mol. The normalized spacial score (nSPS) is 15.4. The van der Waals surface area contributed by atoms with Gasteiger partial charge in [-0.05, 0) is 36.1 Å². The summed E-state index contributed by atoms with van der Waals surface area (Å²) in [6, 6.07) is 18.8. The van der Waals surface area contributed by atoms with Crippen molar-refractivity contribution in [1.82, 2.24) is 9.88 Å². The zero-order valence-corrected chi connectivity index (χ0v) is 16.9. The van der Waals surface area contributed by atoms with E-state index in [9.17, 15) is 4.79 Å². The van der Waals surface area contributed by atoms with Gasteiger partial charge in [0.05, 0.1) is 32.7 Å². The summed E-state index contributed by atoms with van der Waals surface area (Å²) in [4.78, 5) is 19.5. The van der Waals surface area contributed by atoms with E-state index in [2.05, 4.69) is 70.7 Å². The molecule has 0 saturated carbocycles. The van der Waals surface area contributed by atoms with Crippen LogP contribution < -0.4 is 4.90 Å². The number of nitrogens with one attached hydrogen (secondary N) is 2. The smallest absolute Gasteiger partial charge is 0.222 e. The SMILES string of the molecule is O=C(CCCc1c[nH]c2ccccc12)N1CC[NH+](C/C=C/c2ccccc2)CC1. The molecule has 1 aliphatic rings. The molecule has 1 amide bonds. The monoisotopic (exact) mass is 388 g/mol. The zero-order valence-electron chi connectivity index (χ0n) is 16.9. The molecule has 4 rings (SSSR count). The molecule has 2 N–H and O–H groups in total. The molecule has 1 aromatic heterocycles. The van der Waals surface area contributed by atoms with Crippen molar-refractivity contribution in [2.45, 2.75) is 19.3 Å². The van der Waals surface area contributed by atoms with Crippen molar-refractivity contribution in [2.24, 2.45) is 0 Å². The molecule has 4 heteroatoms. The molecule has 2 heterocycles. The molecule has 0 bridgehead atoms. The van der Waals surface area contributed by atoms with E-state index >= 15 is 0 Å². The van der Waals surface area contributed by atoms with Crippen molar-refractivity contribution in [3.05, 3.63) is 78.0 Å². The maximum Gasteiger partial charge on any atom is 0.222 e. The van der Waals surface area contributed by atoms with Crippen molar-refractivity contribution < 1.29 is 9.69 Å². The Morgan fingerprint density at radius 1 is 1.03 bits per heavy atom. The first-order valence-electron chi connectivity index (χ1n) is 10.7. The number of carbonyl (C=O) groups excluding carboxylic acids is 1. The van der Waals surface area contributed by atoms with Crippen LogP contribution in [0.25, 0.3) is 17.0 Å². The van der Waals surface area contributed by atoms with Crippen LogP contribution in [-0.2, 0) is 11.2 Å². The van der Waals surface area contributed by atoms with E-state index in [-0.39, 0.29) is 0 Å². The van der Waals surface area contributed by atoms with Gasteiger partial charge in [-0.2, -0.15) is 0 Å². The molecule has 1 saturated heterocycles. The average molecular weight is 389 g/mol. The van der Waals surface area contributed by atoms with Crippen LogP contribution >= 0.6 is 0 Å². The van der Waals surface area contributed by atoms with Crippen LogP contribution in [0.3, 0.4) is 0 Å². The summed E-state index contributed by atoms with van der Waals surface area (Å²) in [5.41, 5.74) is 3.73. The van der Waals surface area contributed by atoms with Crippen molar-refractivity contribution in [3.8, 4) is 0 Å². The number of benzene rings is 2. The van der Waals surface area contributed by atoms with Crippen molar-refractivity contribution in [3.63, 3.8) is 0 Å². The second-order valence-corrected chi connectivity index (χ2v) is 7.86. The molecule has 1 aliphatic heterocycles. The van der Waals surface area contributed by atoms with Crippen LogP contribution in [0.2, 0.25) is 0 Å². The van der Waals surface area contributed by atoms with E-state index in [4.69, 9.17) is 0 Å². The Bertz CT molecular complexity index is 952. The van der Waals surface area contributed by atoms with Gasteiger partial charge in [0.2, 0.25) is 5.91 Å². The predicted molar refractivity (Wildman–Crippen MR) is 119 cm³/mol. The number of rotatable bonds is 7. The summed E-state index contributed by atoms with van der Waals surface area (Å²) in [6.07, 6.45) is 9.03. The number of hydrogen-bond donors (Lipinski definition) is 2. The largest absolute Gasteiger partial charge is 0.361 e. The summed E-state index contributed by atoms with van der Waals surface area (Å²) >= 11 is 0. The lowest BCUT2D eigenvalue weighted by Gasteiger charge is -2.31. The number of piperazine rings is 1.